The summed E-state index contributed by atoms with van der Waals surface area (Å²) in [5, 5.41) is 0. The molecule has 2 aliphatic carbocycles. The van der Waals surface area contributed by atoms with Crippen LogP contribution in [0.1, 0.15) is 40.0 Å². The van der Waals surface area contributed by atoms with E-state index in [0.29, 0.717) is 5.41 Å². The Morgan fingerprint density at radius 2 is 2.00 bits per heavy atom. The lowest BCUT2D eigenvalue weighted by molar-refractivity contribution is 0.430. The summed E-state index contributed by atoms with van der Waals surface area (Å²) >= 11 is 0. The summed E-state index contributed by atoms with van der Waals surface area (Å²) in [5.41, 5.74) is 0.644. The van der Waals surface area contributed by atoms with Gasteiger partial charge in [0, 0.05) is 0 Å². The second kappa shape index (κ2) is 1.78. The largest absolute Gasteiger partial charge is 0.0625 e. The second-order valence-electron chi connectivity index (χ2n) is 4.69. The molecular formula is C10H17. The molecule has 1 radical (unpaired) electrons. The Balaban J connectivity index is 2.04. The van der Waals surface area contributed by atoms with Gasteiger partial charge in [-0.05, 0) is 36.0 Å². The van der Waals surface area contributed by atoms with E-state index in [1.54, 1.807) is 0 Å². The maximum Gasteiger partial charge on any atom is -0.0143 e. The van der Waals surface area contributed by atoms with Crippen LogP contribution >= 0.6 is 0 Å². The molecule has 2 fully saturated rings. The van der Waals surface area contributed by atoms with Crippen molar-refractivity contribution in [3.63, 3.8) is 0 Å². The first-order chi connectivity index (χ1) is 4.62. The van der Waals surface area contributed by atoms with Gasteiger partial charge in [0.2, 0.25) is 0 Å². The monoisotopic (exact) mass is 137 g/mol. The predicted octanol–water partition coefficient (Wildman–Crippen LogP) is 3.04. The summed E-state index contributed by atoms with van der Waals surface area (Å²) in [7, 11) is 0. The van der Waals surface area contributed by atoms with Crippen LogP contribution < -0.4 is 0 Å². The van der Waals surface area contributed by atoms with Gasteiger partial charge in [0.1, 0.15) is 0 Å². The van der Waals surface area contributed by atoms with Gasteiger partial charge < -0.3 is 0 Å². The molecule has 0 aromatic heterocycles. The van der Waals surface area contributed by atoms with Crippen molar-refractivity contribution in [3.05, 3.63) is 5.92 Å². The molecule has 0 amide bonds. The minimum atomic E-state index is 0.644. The van der Waals surface area contributed by atoms with Gasteiger partial charge in [-0.2, -0.15) is 0 Å². The minimum Gasteiger partial charge on any atom is -0.0625 e. The zero-order valence-electron chi connectivity index (χ0n) is 7.28. The molecule has 0 heteroatoms. The standard InChI is InChI=1S/C10H17/c1-7-4-5-8-9(6-7)10(8,2)3/h7-8H,4-6H2,1-3H3. The molecule has 2 unspecified atom stereocenters. The zero-order valence-corrected chi connectivity index (χ0v) is 7.28. The Kier molecular flexibility index (Phi) is 1.19. The summed E-state index contributed by atoms with van der Waals surface area (Å²) in [6.45, 7) is 7.20. The van der Waals surface area contributed by atoms with Gasteiger partial charge >= 0.3 is 0 Å². The van der Waals surface area contributed by atoms with E-state index in [4.69, 9.17) is 0 Å². The van der Waals surface area contributed by atoms with Gasteiger partial charge in [-0.15, -0.1) is 0 Å². The van der Waals surface area contributed by atoms with E-state index in [1.165, 1.54) is 19.3 Å². The molecule has 0 spiro atoms. The van der Waals surface area contributed by atoms with Crippen LogP contribution in [-0.2, 0) is 0 Å². The molecule has 0 aromatic carbocycles. The average Bonchev–Trinajstić information content (AvgIpc) is 2.36. The molecule has 0 bridgehead atoms. The van der Waals surface area contributed by atoms with E-state index in [0.717, 1.165) is 11.8 Å². The molecule has 2 aliphatic rings. The van der Waals surface area contributed by atoms with Gasteiger partial charge in [-0.1, -0.05) is 27.2 Å². The fourth-order valence-electron chi connectivity index (χ4n) is 2.60. The van der Waals surface area contributed by atoms with Crippen molar-refractivity contribution in [2.24, 2.45) is 17.3 Å². The third kappa shape index (κ3) is 0.741. The number of fused-ring (bicyclic) bond motifs is 1. The van der Waals surface area contributed by atoms with Crippen LogP contribution in [0.5, 0.6) is 0 Å². The Hall–Kier alpha value is 0. The van der Waals surface area contributed by atoms with Crippen LogP contribution in [0.2, 0.25) is 0 Å². The number of rotatable bonds is 0. The van der Waals surface area contributed by atoms with Crippen LogP contribution in [0.25, 0.3) is 0 Å². The smallest absolute Gasteiger partial charge is 0.0143 e. The highest BCUT2D eigenvalue weighted by Gasteiger charge is 2.58. The van der Waals surface area contributed by atoms with Crippen molar-refractivity contribution >= 4 is 0 Å². The van der Waals surface area contributed by atoms with Crippen LogP contribution in [0, 0.1) is 23.2 Å². The fourth-order valence-corrected chi connectivity index (χ4v) is 2.60. The third-order valence-electron chi connectivity index (χ3n) is 3.55. The molecule has 2 atom stereocenters. The van der Waals surface area contributed by atoms with Crippen LogP contribution in [0.3, 0.4) is 0 Å². The van der Waals surface area contributed by atoms with E-state index < -0.39 is 0 Å². The molecule has 0 aromatic rings. The highest BCUT2D eigenvalue weighted by Crippen LogP contribution is 2.67. The molecule has 10 heavy (non-hydrogen) atoms. The minimum absolute atomic E-state index is 0.644. The van der Waals surface area contributed by atoms with E-state index in [1.807, 2.05) is 5.92 Å². The van der Waals surface area contributed by atoms with Gasteiger partial charge in [-0.25, -0.2) is 0 Å². The van der Waals surface area contributed by atoms with Crippen LogP contribution in [0.15, 0.2) is 0 Å². The molecular weight excluding hydrogens is 120 g/mol. The van der Waals surface area contributed by atoms with E-state index >= 15 is 0 Å². The maximum absolute atomic E-state index is 2.41. The predicted molar refractivity (Wildman–Crippen MR) is 43.5 cm³/mol. The van der Waals surface area contributed by atoms with Crippen molar-refractivity contribution in [1.82, 2.24) is 0 Å². The first kappa shape index (κ1) is 6.69. The lowest BCUT2D eigenvalue weighted by Gasteiger charge is -2.14. The fraction of sp³-hybridized carbons (Fsp3) is 0.900. The molecule has 0 nitrogen and oxygen atoms in total. The first-order valence-corrected chi connectivity index (χ1v) is 4.48. The SMILES string of the molecule is CC1CCC2[C](C1)C2(C)C. The lowest BCUT2D eigenvalue weighted by Crippen LogP contribution is -2.02. The number of hydrogen-bond acceptors (Lipinski definition) is 0. The van der Waals surface area contributed by atoms with Gasteiger partial charge in [0.25, 0.3) is 0 Å². The average molecular weight is 137 g/mol. The summed E-state index contributed by atoms with van der Waals surface area (Å²) < 4.78 is 0. The topological polar surface area (TPSA) is 0 Å². The normalized spacial score (nSPS) is 44.7. The molecule has 0 N–H and O–H groups in total. The Bertz CT molecular complexity index is 146. The lowest BCUT2D eigenvalue weighted by atomic mass is 9.91. The Morgan fingerprint density at radius 3 is 2.50 bits per heavy atom. The summed E-state index contributed by atoms with van der Waals surface area (Å²) in [4.78, 5) is 0. The second-order valence-corrected chi connectivity index (χ2v) is 4.69. The molecule has 0 heterocycles. The quantitative estimate of drug-likeness (QED) is 0.481. The molecule has 2 saturated carbocycles. The first-order valence-electron chi connectivity index (χ1n) is 4.48. The van der Waals surface area contributed by atoms with Crippen LogP contribution in [-0.4, -0.2) is 0 Å². The molecule has 2 rings (SSSR count). The van der Waals surface area contributed by atoms with Crippen molar-refractivity contribution < 1.29 is 0 Å². The van der Waals surface area contributed by atoms with Crippen molar-refractivity contribution in [2.75, 3.05) is 0 Å². The third-order valence-corrected chi connectivity index (χ3v) is 3.55. The summed E-state index contributed by atoms with van der Waals surface area (Å²) in [6.07, 6.45) is 4.37. The molecule has 57 valence electrons. The highest BCUT2D eigenvalue weighted by atomic mass is 14.6. The highest BCUT2D eigenvalue weighted by molar-refractivity contribution is 5.29. The molecule has 0 saturated heterocycles. The Morgan fingerprint density at radius 1 is 1.30 bits per heavy atom. The van der Waals surface area contributed by atoms with E-state index in [9.17, 15) is 0 Å². The zero-order chi connectivity index (χ0) is 7.35. The maximum atomic E-state index is 2.41. The van der Waals surface area contributed by atoms with E-state index in [2.05, 4.69) is 20.8 Å². The summed E-state index contributed by atoms with van der Waals surface area (Å²) in [5.74, 6) is 3.86. The van der Waals surface area contributed by atoms with E-state index in [-0.39, 0.29) is 0 Å². The van der Waals surface area contributed by atoms with Gasteiger partial charge in [0.05, 0.1) is 0 Å². The van der Waals surface area contributed by atoms with Crippen molar-refractivity contribution in [1.29, 1.82) is 0 Å². The van der Waals surface area contributed by atoms with Gasteiger partial charge in [-0.3, -0.25) is 0 Å². The van der Waals surface area contributed by atoms with Crippen molar-refractivity contribution in [3.8, 4) is 0 Å². The van der Waals surface area contributed by atoms with Gasteiger partial charge in [0.15, 0.2) is 0 Å². The van der Waals surface area contributed by atoms with Crippen LogP contribution in [0.4, 0.5) is 0 Å². The number of hydrogen-bond donors (Lipinski definition) is 0. The summed E-state index contributed by atoms with van der Waals surface area (Å²) in [6, 6.07) is 0. The van der Waals surface area contributed by atoms with Crippen molar-refractivity contribution in [2.45, 2.75) is 40.0 Å². The molecule has 0 aliphatic heterocycles. The Labute approximate surface area is 64.0 Å².